The number of unbranched alkanes of at least 4 members (excludes halogenated alkanes) is 1. The van der Waals surface area contributed by atoms with Crippen molar-refractivity contribution in [2.45, 2.75) is 26.2 Å². The minimum Gasteiger partial charge on any atom is -0.330 e. The van der Waals surface area contributed by atoms with E-state index in [2.05, 4.69) is 4.98 Å². The molecule has 0 saturated carbocycles. The van der Waals surface area contributed by atoms with Gasteiger partial charge in [0.15, 0.2) is 17.5 Å². The Bertz CT molecular complexity index is 611. The molecular weight excluding hydrogens is 253 g/mol. The molecule has 1 aromatic heterocycles. The Morgan fingerprint density at radius 3 is 2.53 bits per heavy atom. The molecule has 0 unspecified atom stereocenters. The van der Waals surface area contributed by atoms with Crippen molar-refractivity contribution in [1.29, 1.82) is 0 Å². The summed E-state index contributed by atoms with van der Waals surface area (Å²) in [5.74, 6) is -3.89. The Morgan fingerprint density at radius 1 is 1.11 bits per heavy atom. The Morgan fingerprint density at radius 2 is 1.84 bits per heavy atom. The third kappa shape index (κ3) is 2.71. The van der Waals surface area contributed by atoms with Gasteiger partial charge in [0.25, 0.3) is 0 Å². The fourth-order valence-electron chi connectivity index (χ4n) is 2.08. The highest BCUT2D eigenvalue weighted by atomic mass is 19.2. The highest BCUT2D eigenvalue weighted by molar-refractivity contribution is 5.83. The molecule has 0 atom stereocenters. The maximum atomic E-state index is 13.7. The van der Waals surface area contributed by atoms with E-state index in [-0.39, 0.29) is 5.52 Å². The zero-order valence-electron chi connectivity index (χ0n) is 10.6. The van der Waals surface area contributed by atoms with Gasteiger partial charge in [0.2, 0.25) is 0 Å². The largest absolute Gasteiger partial charge is 0.330 e. The second kappa shape index (κ2) is 5.57. The van der Waals surface area contributed by atoms with Crippen LogP contribution < -0.4 is 5.73 Å². The lowest BCUT2D eigenvalue weighted by atomic mass is 10.1. The van der Waals surface area contributed by atoms with Crippen LogP contribution in [0.15, 0.2) is 12.1 Å². The molecule has 2 N–H and O–H groups in total. The molecule has 2 aromatic rings. The van der Waals surface area contributed by atoms with Crippen LogP contribution in [0.25, 0.3) is 10.9 Å². The Kier molecular flexibility index (Phi) is 4.04. The summed E-state index contributed by atoms with van der Waals surface area (Å²) < 4.78 is 40.1. The van der Waals surface area contributed by atoms with Crippen LogP contribution >= 0.6 is 0 Å². The number of aryl methyl sites for hydroxylation is 2. The number of rotatable bonds is 4. The average molecular weight is 268 g/mol. The molecule has 0 amide bonds. The van der Waals surface area contributed by atoms with Crippen molar-refractivity contribution in [3.05, 3.63) is 40.8 Å². The normalized spacial score (nSPS) is 11.2. The number of nitrogens with zero attached hydrogens (tertiary/aromatic N) is 1. The van der Waals surface area contributed by atoms with Crippen LogP contribution in [0.5, 0.6) is 0 Å². The Balaban J connectivity index is 2.49. The SMILES string of the molecule is Cc1cc(CCCCN)nc2c(F)c(F)c(F)cc12. The standard InChI is InChI=1S/C14H15F3N2/c1-8-6-9(4-2-3-5-18)19-14-10(8)7-11(15)12(16)13(14)17/h6-7H,2-5,18H2,1H3. The van der Waals surface area contributed by atoms with Gasteiger partial charge >= 0.3 is 0 Å². The number of benzene rings is 1. The molecule has 0 saturated heterocycles. The van der Waals surface area contributed by atoms with Crippen LogP contribution in [0.2, 0.25) is 0 Å². The first-order chi connectivity index (χ1) is 9.04. The Labute approximate surface area is 109 Å². The number of aromatic nitrogens is 1. The quantitative estimate of drug-likeness (QED) is 0.683. The first-order valence-corrected chi connectivity index (χ1v) is 6.18. The third-order valence-corrected chi connectivity index (χ3v) is 3.09. The summed E-state index contributed by atoms with van der Waals surface area (Å²) in [5.41, 5.74) is 6.65. The van der Waals surface area contributed by atoms with Gasteiger partial charge in [-0.3, -0.25) is 0 Å². The molecule has 102 valence electrons. The molecule has 2 nitrogen and oxygen atoms in total. The Hall–Kier alpha value is -1.62. The zero-order chi connectivity index (χ0) is 14.0. The number of nitrogens with two attached hydrogens (primary N) is 1. The fourth-order valence-corrected chi connectivity index (χ4v) is 2.08. The van der Waals surface area contributed by atoms with Crippen LogP contribution in [-0.2, 0) is 6.42 Å². The smallest absolute Gasteiger partial charge is 0.196 e. The summed E-state index contributed by atoms with van der Waals surface area (Å²) >= 11 is 0. The van der Waals surface area contributed by atoms with Gasteiger partial charge in [-0.1, -0.05) is 0 Å². The van der Waals surface area contributed by atoms with Gasteiger partial charge in [-0.25, -0.2) is 18.2 Å². The summed E-state index contributed by atoms with van der Waals surface area (Å²) in [5, 5.41) is 0.305. The molecule has 0 spiro atoms. The number of fused-ring (bicyclic) bond motifs is 1. The predicted molar refractivity (Wildman–Crippen MR) is 68.3 cm³/mol. The van der Waals surface area contributed by atoms with Crippen molar-refractivity contribution in [3.8, 4) is 0 Å². The number of hydrogen-bond acceptors (Lipinski definition) is 2. The van der Waals surface area contributed by atoms with E-state index < -0.39 is 17.5 Å². The summed E-state index contributed by atoms with van der Waals surface area (Å²) in [6.45, 7) is 2.31. The summed E-state index contributed by atoms with van der Waals surface area (Å²) in [6.07, 6.45) is 2.32. The van der Waals surface area contributed by atoms with Gasteiger partial charge in [0.05, 0.1) is 0 Å². The maximum absolute atomic E-state index is 13.7. The molecule has 0 bridgehead atoms. The molecule has 5 heteroatoms. The molecule has 1 heterocycles. The van der Waals surface area contributed by atoms with Crippen molar-refractivity contribution in [3.63, 3.8) is 0 Å². The molecule has 1 aromatic carbocycles. The lowest BCUT2D eigenvalue weighted by molar-refractivity contribution is 0.452. The van der Waals surface area contributed by atoms with Crippen LogP contribution in [0.3, 0.4) is 0 Å². The molecule has 2 rings (SSSR count). The molecule has 0 aliphatic carbocycles. The molecule has 19 heavy (non-hydrogen) atoms. The topological polar surface area (TPSA) is 38.9 Å². The van der Waals surface area contributed by atoms with Crippen LogP contribution in [0, 0.1) is 24.4 Å². The lowest BCUT2D eigenvalue weighted by Gasteiger charge is -2.08. The van der Waals surface area contributed by atoms with Crippen molar-refractivity contribution in [2.24, 2.45) is 5.73 Å². The van der Waals surface area contributed by atoms with E-state index in [1.807, 2.05) is 0 Å². The lowest BCUT2D eigenvalue weighted by Crippen LogP contribution is -2.02. The van der Waals surface area contributed by atoms with Crippen LogP contribution in [-0.4, -0.2) is 11.5 Å². The highest BCUT2D eigenvalue weighted by Crippen LogP contribution is 2.25. The first-order valence-electron chi connectivity index (χ1n) is 6.18. The minimum absolute atomic E-state index is 0.110. The number of halogens is 3. The summed E-state index contributed by atoms with van der Waals surface area (Å²) in [6, 6.07) is 2.76. The molecule has 0 aliphatic rings. The summed E-state index contributed by atoms with van der Waals surface area (Å²) in [4.78, 5) is 4.09. The van der Waals surface area contributed by atoms with Gasteiger partial charge in [-0.2, -0.15) is 0 Å². The molecule has 0 aliphatic heterocycles. The van der Waals surface area contributed by atoms with Crippen LogP contribution in [0.1, 0.15) is 24.1 Å². The zero-order valence-corrected chi connectivity index (χ0v) is 10.6. The van der Waals surface area contributed by atoms with Crippen molar-refractivity contribution >= 4 is 10.9 Å². The van der Waals surface area contributed by atoms with Gasteiger partial charge in [0.1, 0.15) is 5.52 Å². The average Bonchev–Trinajstić information content (AvgIpc) is 2.38. The van der Waals surface area contributed by atoms with Gasteiger partial charge in [0, 0.05) is 11.1 Å². The minimum atomic E-state index is -1.47. The third-order valence-electron chi connectivity index (χ3n) is 3.09. The molecule has 0 radical (unpaired) electrons. The van der Waals surface area contributed by atoms with E-state index in [0.717, 1.165) is 18.9 Å². The van der Waals surface area contributed by atoms with E-state index in [1.165, 1.54) is 0 Å². The van der Waals surface area contributed by atoms with E-state index in [9.17, 15) is 13.2 Å². The van der Waals surface area contributed by atoms with Crippen LogP contribution in [0.4, 0.5) is 13.2 Å². The van der Waals surface area contributed by atoms with E-state index in [4.69, 9.17) is 5.73 Å². The number of pyridine rings is 1. The summed E-state index contributed by atoms with van der Waals surface area (Å²) in [7, 11) is 0. The second-order valence-corrected chi connectivity index (χ2v) is 4.56. The van der Waals surface area contributed by atoms with Gasteiger partial charge in [-0.15, -0.1) is 0 Å². The highest BCUT2D eigenvalue weighted by Gasteiger charge is 2.16. The first kappa shape index (κ1) is 13.8. The molecular formula is C14H15F3N2. The van der Waals surface area contributed by atoms with Gasteiger partial charge < -0.3 is 5.73 Å². The second-order valence-electron chi connectivity index (χ2n) is 4.56. The monoisotopic (exact) mass is 268 g/mol. The van der Waals surface area contributed by atoms with E-state index in [0.29, 0.717) is 29.6 Å². The number of hydrogen-bond donors (Lipinski definition) is 1. The maximum Gasteiger partial charge on any atom is 0.196 e. The fraction of sp³-hybridized carbons (Fsp3) is 0.357. The molecule has 0 fully saturated rings. The van der Waals surface area contributed by atoms with E-state index >= 15 is 0 Å². The van der Waals surface area contributed by atoms with Crippen molar-refractivity contribution < 1.29 is 13.2 Å². The predicted octanol–water partition coefficient (Wildman–Crippen LogP) is 3.24. The van der Waals surface area contributed by atoms with Crippen molar-refractivity contribution in [1.82, 2.24) is 4.98 Å². The van der Waals surface area contributed by atoms with Crippen molar-refractivity contribution in [2.75, 3.05) is 6.54 Å². The van der Waals surface area contributed by atoms with Gasteiger partial charge in [-0.05, 0) is 50.4 Å². The van der Waals surface area contributed by atoms with E-state index in [1.54, 1.807) is 13.0 Å².